The molecular formula is C30H32N4O4. The minimum atomic E-state index is -0.924. The molecule has 38 heavy (non-hydrogen) atoms. The number of carbonyl (C=O) groups is 3. The third-order valence-corrected chi connectivity index (χ3v) is 6.50. The van der Waals surface area contributed by atoms with E-state index < -0.39 is 17.9 Å². The lowest BCUT2D eigenvalue weighted by Gasteiger charge is -2.21. The average Bonchev–Trinajstić information content (AvgIpc) is 3.46. The van der Waals surface area contributed by atoms with E-state index in [-0.39, 0.29) is 24.7 Å². The fourth-order valence-electron chi connectivity index (χ4n) is 4.52. The van der Waals surface area contributed by atoms with E-state index in [1.54, 1.807) is 6.20 Å². The Kier molecular flexibility index (Phi) is 9.23. The van der Waals surface area contributed by atoms with Crippen LogP contribution in [0.15, 0.2) is 85.3 Å². The third-order valence-electron chi connectivity index (χ3n) is 6.50. The summed E-state index contributed by atoms with van der Waals surface area (Å²) in [6, 6.07) is 22.8. The van der Waals surface area contributed by atoms with E-state index in [9.17, 15) is 14.4 Å². The second kappa shape index (κ2) is 13.2. The smallest absolute Gasteiger partial charge is 0.328 e. The van der Waals surface area contributed by atoms with Gasteiger partial charge in [0.1, 0.15) is 6.04 Å². The summed E-state index contributed by atoms with van der Waals surface area (Å²) >= 11 is 0. The number of carbonyl (C=O) groups excluding carboxylic acids is 3. The van der Waals surface area contributed by atoms with E-state index in [2.05, 4.69) is 20.6 Å². The molecule has 4 rings (SSSR count). The molecule has 0 bridgehead atoms. The molecule has 8 nitrogen and oxygen atoms in total. The fourth-order valence-corrected chi connectivity index (χ4v) is 4.52. The van der Waals surface area contributed by atoms with Gasteiger partial charge < -0.3 is 20.4 Å². The van der Waals surface area contributed by atoms with Crippen LogP contribution in [0.2, 0.25) is 0 Å². The van der Waals surface area contributed by atoms with Crippen LogP contribution in [0.4, 0.5) is 0 Å². The van der Waals surface area contributed by atoms with Gasteiger partial charge in [0.15, 0.2) is 0 Å². The number of rotatable bonds is 12. The van der Waals surface area contributed by atoms with E-state index in [1.807, 2.05) is 72.8 Å². The van der Waals surface area contributed by atoms with Crippen LogP contribution in [0.5, 0.6) is 0 Å². The number of nitrogens with zero attached hydrogens (tertiary/aromatic N) is 1. The number of H-pyrrole nitrogens is 1. The van der Waals surface area contributed by atoms with Gasteiger partial charge in [0.2, 0.25) is 11.8 Å². The van der Waals surface area contributed by atoms with Crippen molar-refractivity contribution in [3.8, 4) is 0 Å². The van der Waals surface area contributed by atoms with Crippen molar-refractivity contribution in [3.63, 3.8) is 0 Å². The number of benzene rings is 3. The first-order chi connectivity index (χ1) is 18.5. The van der Waals surface area contributed by atoms with E-state index >= 15 is 0 Å². The summed E-state index contributed by atoms with van der Waals surface area (Å²) < 4.78 is 4.92. The largest absolute Gasteiger partial charge is 0.467 e. The molecule has 0 saturated carbocycles. The molecule has 0 radical (unpaired) electrons. The Hall–Kier alpha value is -4.46. The first-order valence-electron chi connectivity index (χ1n) is 12.7. The predicted octanol–water partition coefficient (Wildman–Crippen LogP) is 3.37. The first-order valence-corrected chi connectivity index (χ1v) is 12.7. The minimum Gasteiger partial charge on any atom is -0.467 e. The van der Waals surface area contributed by atoms with Crippen molar-refractivity contribution in [2.24, 2.45) is 5.92 Å². The van der Waals surface area contributed by atoms with Crippen LogP contribution in [0.3, 0.4) is 0 Å². The van der Waals surface area contributed by atoms with Gasteiger partial charge in [-0.25, -0.2) is 9.78 Å². The number of fused-ring (bicyclic) bond motifs is 1. The molecule has 0 aliphatic heterocycles. The van der Waals surface area contributed by atoms with Gasteiger partial charge >= 0.3 is 5.97 Å². The average molecular weight is 513 g/mol. The van der Waals surface area contributed by atoms with Gasteiger partial charge in [-0.15, -0.1) is 0 Å². The molecule has 0 aliphatic rings. The normalized spacial score (nSPS) is 12.4. The maximum atomic E-state index is 13.5. The van der Waals surface area contributed by atoms with Crippen molar-refractivity contribution in [2.75, 3.05) is 13.7 Å². The van der Waals surface area contributed by atoms with Crippen molar-refractivity contribution in [2.45, 2.75) is 31.7 Å². The number of aromatic nitrogens is 2. The van der Waals surface area contributed by atoms with Crippen molar-refractivity contribution < 1.29 is 19.1 Å². The molecule has 1 aromatic heterocycles. The first kappa shape index (κ1) is 26.6. The lowest BCUT2D eigenvalue weighted by Crippen LogP contribution is -2.47. The second-order valence-electron chi connectivity index (χ2n) is 9.18. The fraction of sp³-hybridized carbons (Fsp3) is 0.267. The topological polar surface area (TPSA) is 113 Å². The molecule has 1 heterocycles. The maximum Gasteiger partial charge on any atom is 0.328 e. The number of hydrogen-bond donors (Lipinski definition) is 3. The van der Waals surface area contributed by atoms with E-state index in [1.165, 1.54) is 13.4 Å². The van der Waals surface area contributed by atoms with Crippen LogP contribution in [0, 0.1) is 5.92 Å². The Morgan fingerprint density at radius 3 is 2.47 bits per heavy atom. The molecule has 2 amide bonds. The Bertz CT molecular complexity index is 1350. The zero-order chi connectivity index (χ0) is 26.7. The number of ether oxygens (including phenoxy) is 1. The molecule has 3 aromatic carbocycles. The highest BCUT2D eigenvalue weighted by Crippen LogP contribution is 2.23. The molecule has 0 fully saturated rings. The van der Waals surface area contributed by atoms with E-state index in [4.69, 9.17) is 4.74 Å². The molecule has 2 atom stereocenters. The summed E-state index contributed by atoms with van der Waals surface area (Å²) in [4.78, 5) is 46.0. The van der Waals surface area contributed by atoms with Crippen LogP contribution >= 0.6 is 0 Å². The standard InChI is InChI=1S/C30H32N4O4/c1-38-30(37)27(18-25-19-31-20-33-25)34-29(36)24(16-23-12-7-11-22-10-5-6-13-26(22)23)17-28(35)32-15-14-21-8-3-2-4-9-21/h2-13,19-20,24,27H,14-18H2,1H3,(H,31,33)(H,32,35)(H,34,36)/t24?,27-/m0/s1. The molecule has 1 unspecified atom stereocenters. The van der Waals surface area contributed by atoms with Gasteiger partial charge in [-0.3, -0.25) is 9.59 Å². The van der Waals surface area contributed by atoms with Gasteiger partial charge in [-0.1, -0.05) is 72.8 Å². The summed E-state index contributed by atoms with van der Waals surface area (Å²) in [5, 5.41) is 7.84. The number of amides is 2. The van der Waals surface area contributed by atoms with Gasteiger partial charge in [0, 0.05) is 25.6 Å². The van der Waals surface area contributed by atoms with Crippen molar-refractivity contribution in [1.82, 2.24) is 20.6 Å². The Morgan fingerprint density at radius 2 is 1.71 bits per heavy atom. The molecular weight excluding hydrogens is 480 g/mol. The number of hydrogen-bond acceptors (Lipinski definition) is 5. The van der Waals surface area contributed by atoms with Gasteiger partial charge in [-0.2, -0.15) is 0 Å². The SMILES string of the molecule is COC(=O)[C@H](Cc1c[nH]cn1)NC(=O)C(CC(=O)NCCc1ccccc1)Cc1cccc2ccccc12. The maximum absolute atomic E-state index is 13.5. The number of aromatic amines is 1. The quantitative estimate of drug-likeness (QED) is 0.252. The van der Waals surface area contributed by atoms with Crippen LogP contribution < -0.4 is 10.6 Å². The molecule has 3 N–H and O–H groups in total. The number of esters is 1. The molecule has 4 aromatic rings. The van der Waals surface area contributed by atoms with Crippen LogP contribution in [0.1, 0.15) is 23.2 Å². The molecule has 8 heteroatoms. The third kappa shape index (κ3) is 7.29. The highest BCUT2D eigenvalue weighted by atomic mass is 16.5. The Labute approximate surface area is 221 Å². The molecule has 196 valence electrons. The summed E-state index contributed by atoms with van der Waals surface area (Å²) in [5.74, 6) is -1.87. The van der Waals surface area contributed by atoms with Gasteiger partial charge in [-0.05, 0) is 34.7 Å². The lowest BCUT2D eigenvalue weighted by atomic mass is 9.91. The Balaban J connectivity index is 1.50. The van der Waals surface area contributed by atoms with E-state index in [0.29, 0.717) is 25.1 Å². The summed E-state index contributed by atoms with van der Waals surface area (Å²) in [7, 11) is 1.28. The second-order valence-corrected chi connectivity index (χ2v) is 9.18. The number of imidazole rings is 1. The zero-order valence-corrected chi connectivity index (χ0v) is 21.4. The van der Waals surface area contributed by atoms with Gasteiger partial charge in [0.25, 0.3) is 0 Å². The van der Waals surface area contributed by atoms with Crippen LogP contribution in [0.25, 0.3) is 10.8 Å². The van der Waals surface area contributed by atoms with Crippen LogP contribution in [-0.2, 0) is 38.4 Å². The highest BCUT2D eigenvalue weighted by Gasteiger charge is 2.29. The molecule has 0 saturated heterocycles. The summed E-state index contributed by atoms with van der Waals surface area (Å²) in [6.45, 7) is 0.468. The predicted molar refractivity (Wildman–Crippen MR) is 145 cm³/mol. The van der Waals surface area contributed by atoms with Crippen molar-refractivity contribution in [1.29, 1.82) is 0 Å². The van der Waals surface area contributed by atoms with Crippen molar-refractivity contribution in [3.05, 3.63) is 102 Å². The monoisotopic (exact) mass is 512 g/mol. The highest BCUT2D eigenvalue weighted by molar-refractivity contribution is 5.91. The Morgan fingerprint density at radius 1 is 0.947 bits per heavy atom. The van der Waals surface area contributed by atoms with E-state index in [0.717, 1.165) is 21.9 Å². The lowest BCUT2D eigenvalue weighted by molar-refractivity contribution is -0.145. The number of methoxy groups -OCH3 is 1. The van der Waals surface area contributed by atoms with Gasteiger partial charge in [0.05, 0.1) is 25.0 Å². The molecule has 0 aliphatic carbocycles. The minimum absolute atomic E-state index is 0.0137. The number of nitrogens with one attached hydrogen (secondary N) is 3. The molecule has 0 spiro atoms. The van der Waals surface area contributed by atoms with Crippen LogP contribution in [-0.4, -0.2) is 47.4 Å². The summed E-state index contributed by atoms with van der Waals surface area (Å²) in [5.41, 5.74) is 2.70. The zero-order valence-electron chi connectivity index (χ0n) is 21.4. The van der Waals surface area contributed by atoms with Crippen molar-refractivity contribution >= 4 is 28.6 Å². The summed E-state index contributed by atoms with van der Waals surface area (Å²) in [6.07, 6.45) is 4.37.